The summed E-state index contributed by atoms with van der Waals surface area (Å²) in [6.07, 6.45) is 0. The highest BCUT2D eigenvalue weighted by Gasteiger charge is 2.24. The van der Waals surface area contributed by atoms with Gasteiger partial charge in [0, 0.05) is 4.90 Å². The maximum absolute atomic E-state index is 11.6. The summed E-state index contributed by atoms with van der Waals surface area (Å²) in [4.78, 5) is 34.6. The Balaban J connectivity index is 2.17. The molecule has 1 aliphatic heterocycles. The molecule has 0 saturated carbocycles. The lowest BCUT2D eigenvalue weighted by Crippen LogP contribution is -2.26. The number of primary amides is 1. The SMILES string of the molecule is C[C@@H]1Sc2ccc(C(=O)OCC(N)=O)cc2NC1=O. The summed E-state index contributed by atoms with van der Waals surface area (Å²) in [6, 6.07) is 4.84. The first kappa shape index (κ1) is 13.4. The van der Waals surface area contributed by atoms with Crippen molar-refractivity contribution in [2.24, 2.45) is 5.73 Å². The number of ether oxygens (including phenoxy) is 1. The standard InChI is InChI=1S/C12H12N2O4S/c1-6-11(16)14-8-4-7(2-3-9(8)19-6)12(17)18-5-10(13)15/h2-4,6H,5H2,1H3,(H2,13,15)(H,14,16)/t6-/m0/s1. The molecule has 1 aromatic carbocycles. The van der Waals surface area contributed by atoms with Crippen LogP contribution in [0.5, 0.6) is 0 Å². The molecular formula is C12H12N2O4S. The third kappa shape index (κ3) is 3.05. The fourth-order valence-corrected chi connectivity index (χ4v) is 2.49. The number of fused-ring (bicyclic) bond motifs is 1. The van der Waals surface area contributed by atoms with Crippen LogP contribution in [0.4, 0.5) is 5.69 Å². The number of benzene rings is 1. The molecule has 1 aromatic rings. The maximum atomic E-state index is 11.6. The van der Waals surface area contributed by atoms with Crippen molar-refractivity contribution in [3.05, 3.63) is 23.8 Å². The number of esters is 1. The van der Waals surface area contributed by atoms with E-state index in [0.29, 0.717) is 5.69 Å². The Labute approximate surface area is 113 Å². The minimum absolute atomic E-state index is 0.111. The van der Waals surface area contributed by atoms with Gasteiger partial charge in [0.1, 0.15) is 0 Å². The van der Waals surface area contributed by atoms with Crippen molar-refractivity contribution in [3.8, 4) is 0 Å². The highest BCUT2D eigenvalue weighted by atomic mass is 32.2. The quantitative estimate of drug-likeness (QED) is 0.796. The molecule has 19 heavy (non-hydrogen) atoms. The molecule has 0 saturated heterocycles. The molecule has 0 fully saturated rings. The van der Waals surface area contributed by atoms with Crippen LogP contribution in [0.25, 0.3) is 0 Å². The largest absolute Gasteiger partial charge is 0.452 e. The van der Waals surface area contributed by atoms with Gasteiger partial charge in [0.05, 0.1) is 16.5 Å². The summed E-state index contributed by atoms with van der Waals surface area (Å²) < 4.78 is 4.70. The van der Waals surface area contributed by atoms with Crippen LogP contribution in [0.3, 0.4) is 0 Å². The number of nitrogens with two attached hydrogens (primary N) is 1. The van der Waals surface area contributed by atoms with E-state index in [2.05, 4.69) is 5.32 Å². The number of hydrogen-bond acceptors (Lipinski definition) is 5. The first-order valence-corrected chi connectivity index (χ1v) is 6.42. The zero-order valence-electron chi connectivity index (χ0n) is 10.1. The van der Waals surface area contributed by atoms with Crippen LogP contribution in [0.15, 0.2) is 23.1 Å². The fraction of sp³-hybridized carbons (Fsp3) is 0.250. The van der Waals surface area contributed by atoms with E-state index in [9.17, 15) is 14.4 Å². The van der Waals surface area contributed by atoms with E-state index in [1.807, 2.05) is 0 Å². The van der Waals surface area contributed by atoms with Gasteiger partial charge >= 0.3 is 5.97 Å². The Hall–Kier alpha value is -2.02. The molecule has 0 bridgehead atoms. The third-order valence-corrected chi connectivity index (χ3v) is 3.67. The van der Waals surface area contributed by atoms with Crippen molar-refractivity contribution in [1.82, 2.24) is 0 Å². The maximum Gasteiger partial charge on any atom is 0.338 e. The van der Waals surface area contributed by atoms with Crippen LogP contribution >= 0.6 is 11.8 Å². The molecule has 2 rings (SSSR count). The summed E-state index contributed by atoms with van der Waals surface area (Å²) >= 11 is 1.42. The molecule has 0 aromatic heterocycles. The second-order valence-electron chi connectivity index (χ2n) is 4.00. The monoisotopic (exact) mass is 280 g/mol. The molecule has 1 aliphatic rings. The van der Waals surface area contributed by atoms with Crippen LogP contribution in [-0.4, -0.2) is 29.6 Å². The molecule has 7 heteroatoms. The lowest BCUT2D eigenvalue weighted by molar-refractivity contribution is -0.121. The molecule has 0 unspecified atom stereocenters. The van der Waals surface area contributed by atoms with Crippen molar-refractivity contribution in [1.29, 1.82) is 0 Å². The number of rotatable bonds is 3. The second kappa shape index (κ2) is 5.31. The smallest absolute Gasteiger partial charge is 0.338 e. The minimum atomic E-state index is -0.719. The van der Waals surface area contributed by atoms with E-state index < -0.39 is 18.5 Å². The average Bonchev–Trinajstić information content (AvgIpc) is 2.36. The van der Waals surface area contributed by atoms with Crippen LogP contribution in [0.2, 0.25) is 0 Å². The Morgan fingerprint density at radius 1 is 1.47 bits per heavy atom. The molecule has 1 atom stereocenters. The topological polar surface area (TPSA) is 98.5 Å². The first-order chi connectivity index (χ1) is 8.97. The van der Waals surface area contributed by atoms with Crippen LogP contribution in [-0.2, 0) is 14.3 Å². The van der Waals surface area contributed by atoms with Gasteiger partial charge in [-0.25, -0.2) is 4.79 Å². The van der Waals surface area contributed by atoms with Gasteiger partial charge in [0.2, 0.25) is 5.91 Å². The zero-order valence-corrected chi connectivity index (χ0v) is 11.0. The average molecular weight is 280 g/mol. The summed E-state index contributed by atoms with van der Waals surface area (Å²) in [7, 11) is 0. The molecule has 100 valence electrons. The number of nitrogens with one attached hydrogen (secondary N) is 1. The molecule has 0 aliphatic carbocycles. The first-order valence-electron chi connectivity index (χ1n) is 5.54. The van der Waals surface area contributed by atoms with Crippen molar-refractivity contribution < 1.29 is 19.1 Å². The number of hydrogen-bond donors (Lipinski definition) is 2. The Morgan fingerprint density at radius 3 is 2.89 bits per heavy atom. The zero-order chi connectivity index (χ0) is 14.0. The third-order valence-electron chi connectivity index (χ3n) is 2.49. The predicted molar refractivity (Wildman–Crippen MR) is 69.9 cm³/mol. The molecule has 0 spiro atoms. The second-order valence-corrected chi connectivity index (χ2v) is 5.39. The van der Waals surface area contributed by atoms with Crippen molar-refractivity contribution >= 4 is 35.2 Å². The molecule has 3 N–H and O–H groups in total. The summed E-state index contributed by atoms with van der Waals surface area (Å²) in [6.45, 7) is 1.34. The predicted octanol–water partition coefficient (Wildman–Crippen LogP) is 0.761. The number of carbonyl (C=O) groups is 3. The van der Waals surface area contributed by atoms with Gasteiger partial charge < -0.3 is 15.8 Å². The van der Waals surface area contributed by atoms with E-state index >= 15 is 0 Å². The number of thioether (sulfide) groups is 1. The Kier molecular flexibility index (Phi) is 3.75. The van der Waals surface area contributed by atoms with Crippen molar-refractivity contribution in [2.75, 3.05) is 11.9 Å². The van der Waals surface area contributed by atoms with Gasteiger partial charge in [-0.05, 0) is 25.1 Å². The Morgan fingerprint density at radius 2 is 2.21 bits per heavy atom. The number of amides is 2. The Bertz CT molecular complexity index is 559. The van der Waals surface area contributed by atoms with Gasteiger partial charge in [0.15, 0.2) is 6.61 Å². The minimum Gasteiger partial charge on any atom is -0.452 e. The van der Waals surface area contributed by atoms with Crippen LogP contribution < -0.4 is 11.1 Å². The van der Waals surface area contributed by atoms with E-state index in [-0.39, 0.29) is 16.7 Å². The van der Waals surface area contributed by atoms with Crippen LogP contribution in [0, 0.1) is 0 Å². The van der Waals surface area contributed by atoms with Crippen molar-refractivity contribution in [2.45, 2.75) is 17.1 Å². The summed E-state index contributed by atoms with van der Waals surface area (Å²) in [5.41, 5.74) is 5.72. The summed E-state index contributed by atoms with van der Waals surface area (Å²) in [5.74, 6) is -1.48. The normalized spacial score (nSPS) is 17.3. The highest BCUT2D eigenvalue weighted by molar-refractivity contribution is 8.00. The molecule has 0 radical (unpaired) electrons. The van der Waals surface area contributed by atoms with E-state index in [4.69, 9.17) is 10.5 Å². The van der Waals surface area contributed by atoms with Gasteiger partial charge in [-0.1, -0.05) is 0 Å². The fourth-order valence-electron chi connectivity index (χ4n) is 1.56. The van der Waals surface area contributed by atoms with Crippen LogP contribution in [0.1, 0.15) is 17.3 Å². The summed E-state index contributed by atoms with van der Waals surface area (Å²) in [5, 5.41) is 2.54. The number of carbonyl (C=O) groups excluding carboxylic acids is 3. The van der Waals surface area contributed by atoms with Gasteiger partial charge in [-0.2, -0.15) is 0 Å². The van der Waals surface area contributed by atoms with Crippen molar-refractivity contribution in [3.63, 3.8) is 0 Å². The number of anilines is 1. The highest BCUT2D eigenvalue weighted by Crippen LogP contribution is 2.35. The molecule has 2 amide bonds. The lowest BCUT2D eigenvalue weighted by Gasteiger charge is -2.21. The molecule has 1 heterocycles. The van der Waals surface area contributed by atoms with Gasteiger partial charge in [0.25, 0.3) is 5.91 Å². The van der Waals surface area contributed by atoms with E-state index in [1.54, 1.807) is 19.1 Å². The molecule has 6 nitrogen and oxygen atoms in total. The van der Waals surface area contributed by atoms with Gasteiger partial charge in [-0.15, -0.1) is 11.8 Å². The van der Waals surface area contributed by atoms with Gasteiger partial charge in [-0.3, -0.25) is 9.59 Å². The lowest BCUT2D eigenvalue weighted by atomic mass is 10.2. The molecular weight excluding hydrogens is 268 g/mol. The van der Waals surface area contributed by atoms with E-state index in [0.717, 1.165) is 4.90 Å². The van der Waals surface area contributed by atoms with E-state index in [1.165, 1.54) is 17.8 Å².